The molecule has 0 rings (SSSR count). The van der Waals surface area contributed by atoms with Crippen LogP contribution in [-0.2, 0) is 14.8 Å². The van der Waals surface area contributed by atoms with Crippen LogP contribution >= 0.6 is 0 Å². The highest BCUT2D eigenvalue weighted by atomic mass is 32.2. The molecule has 0 spiro atoms. The Kier molecular flexibility index (Phi) is 3.66. The maximum atomic E-state index is 10.9. The second-order valence-corrected chi connectivity index (χ2v) is 5.69. The number of hydrogen-bond acceptors (Lipinski definition) is 3. The zero-order valence-corrected chi connectivity index (χ0v) is 9.10. The minimum Gasteiger partial charge on any atom is -0.269 e. The molecule has 0 bridgehead atoms. The van der Waals surface area contributed by atoms with Gasteiger partial charge >= 0.3 is 0 Å². The average molecular weight is 205 g/mol. The lowest BCUT2D eigenvalue weighted by Gasteiger charge is -2.10. The van der Waals surface area contributed by atoms with Crippen molar-refractivity contribution in [2.45, 2.75) is 20.8 Å². The van der Waals surface area contributed by atoms with Gasteiger partial charge in [-0.05, 0) is 5.41 Å². The van der Waals surface area contributed by atoms with Gasteiger partial charge in [-0.15, -0.1) is 0 Å². The second kappa shape index (κ2) is 3.91. The Hall–Kier alpha value is -0.840. The number of carbonyl (C=O) groups is 1. The van der Waals surface area contributed by atoms with Crippen LogP contribution in [0.1, 0.15) is 20.8 Å². The molecule has 1 amide bonds. The lowest BCUT2D eigenvalue weighted by Crippen LogP contribution is -2.27. The number of allylic oxidation sites excluding steroid dienone is 1. The molecule has 0 aliphatic carbocycles. The van der Waals surface area contributed by atoms with Gasteiger partial charge in [0, 0.05) is 6.08 Å². The van der Waals surface area contributed by atoms with Crippen molar-refractivity contribution in [3.63, 3.8) is 0 Å². The third-order valence-electron chi connectivity index (χ3n) is 1.02. The van der Waals surface area contributed by atoms with Crippen LogP contribution in [0.2, 0.25) is 0 Å². The van der Waals surface area contributed by atoms with Crippen LogP contribution in [0.5, 0.6) is 0 Å². The van der Waals surface area contributed by atoms with Gasteiger partial charge in [0.15, 0.2) is 0 Å². The zero-order chi connectivity index (χ0) is 10.7. The number of hydrogen-bond donors (Lipinski definition) is 1. The van der Waals surface area contributed by atoms with Gasteiger partial charge in [-0.3, -0.25) is 4.79 Å². The third-order valence-corrected chi connectivity index (χ3v) is 1.59. The van der Waals surface area contributed by atoms with Gasteiger partial charge < -0.3 is 0 Å². The van der Waals surface area contributed by atoms with E-state index in [4.69, 9.17) is 0 Å². The van der Waals surface area contributed by atoms with E-state index in [-0.39, 0.29) is 5.41 Å². The van der Waals surface area contributed by atoms with Gasteiger partial charge in [0.25, 0.3) is 5.91 Å². The first-order chi connectivity index (χ1) is 5.60. The molecule has 4 nitrogen and oxygen atoms in total. The van der Waals surface area contributed by atoms with Crippen LogP contribution in [0, 0.1) is 5.41 Å². The van der Waals surface area contributed by atoms with E-state index in [1.807, 2.05) is 25.5 Å². The zero-order valence-electron chi connectivity index (χ0n) is 8.29. The summed E-state index contributed by atoms with van der Waals surface area (Å²) in [6, 6.07) is 0. The molecule has 0 saturated heterocycles. The highest BCUT2D eigenvalue weighted by Crippen LogP contribution is 2.13. The summed E-state index contributed by atoms with van der Waals surface area (Å²) in [7, 11) is -3.44. The summed E-state index contributed by atoms with van der Waals surface area (Å²) in [5.74, 6) is -0.613. The fraction of sp³-hybridized carbons (Fsp3) is 0.625. The van der Waals surface area contributed by atoms with Gasteiger partial charge in [-0.1, -0.05) is 26.8 Å². The van der Waals surface area contributed by atoms with Crippen molar-refractivity contribution in [1.29, 1.82) is 0 Å². The van der Waals surface area contributed by atoms with Crippen molar-refractivity contribution < 1.29 is 13.2 Å². The van der Waals surface area contributed by atoms with E-state index in [1.54, 1.807) is 6.08 Å². The molecule has 5 heteroatoms. The molecule has 0 heterocycles. The SMILES string of the molecule is CC(C)(C)/C=C/C(=O)NS(C)(=O)=O. The smallest absolute Gasteiger partial charge is 0.257 e. The Bertz CT molecular complexity index is 309. The highest BCUT2D eigenvalue weighted by molar-refractivity contribution is 7.89. The largest absolute Gasteiger partial charge is 0.269 e. The summed E-state index contributed by atoms with van der Waals surface area (Å²) < 4.78 is 23.0. The molecule has 13 heavy (non-hydrogen) atoms. The van der Waals surface area contributed by atoms with E-state index < -0.39 is 15.9 Å². The van der Waals surface area contributed by atoms with Crippen molar-refractivity contribution in [2.24, 2.45) is 5.41 Å². The second-order valence-electron chi connectivity index (χ2n) is 3.94. The fourth-order valence-corrected chi connectivity index (χ4v) is 0.976. The highest BCUT2D eigenvalue weighted by Gasteiger charge is 2.07. The van der Waals surface area contributed by atoms with Crippen molar-refractivity contribution in [3.05, 3.63) is 12.2 Å². The third kappa shape index (κ3) is 9.07. The van der Waals surface area contributed by atoms with Crippen LogP contribution in [0.4, 0.5) is 0 Å². The topological polar surface area (TPSA) is 63.2 Å². The van der Waals surface area contributed by atoms with Crippen molar-refractivity contribution in [2.75, 3.05) is 6.26 Å². The molecule has 0 saturated carbocycles. The van der Waals surface area contributed by atoms with E-state index in [1.165, 1.54) is 6.08 Å². The van der Waals surface area contributed by atoms with Crippen molar-refractivity contribution >= 4 is 15.9 Å². The standard InChI is InChI=1S/C8H15NO3S/c1-8(2,3)6-5-7(10)9-13(4,11)12/h5-6H,1-4H3,(H,9,10)/b6-5+. The molecule has 0 aromatic carbocycles. The summed E-state index contributed by atoms with van der Waals surface area (Å²) in [4.78, 5) is 10.9. The molecule has 0 fully saturated rings. The van der Waals surface area contributed by atoms with Crippen molar-refractivity contribution in [3.8, 4) is 0 Å². The maximum Gasteiger partial charge on any atom is 0.257 e. The van der Waals surface area contributed by atoms with Crippen LogP contribution in [-0.4, -0.2) is 20.6 Å². The number of nitrogens with one attached hydrogen (secondary N) is 1. The first-order valence-corrected chi connectivity index (χ1v) is 5.70. The average Bonchev–Trinajstić information content (AvgIpc) is 1.78. The van der Waals surface area contributed by atoms with Crippen LogP contribution in [0.25, 0.3) is 0 Å². The van der Waals surface area contributed by atoms with E-state index in [2.05, 4.69) is 0 Å². The normalized spacial score (nSPS) is 13.2. The Balaban J connectivity index is 4.27. The molecule has 0 atom stereocenters. The Morgan fingerprint density at radius 1 is 1.31 bits per heavy atom. The summed E-state index contributed by atoms with van der Waals surface area (Å²) in [6.07, 6.45) is 3.81. The minimum absolute atomic E-state index is 0.130. The first kappa shape index (κ1) is 12.2. The van der Waals surface area contributed by atoms with Gasteiger partial charge in [-0.2, -0.15) is 0 Å². The molecule has 1 N–H and O–H groups in total. The number of rotatable bonds is 2. The van der Waals surface area contributed by atoms with Gasteiger partial charge in [-0.25, -0.2) is 13.1 Å². The Morgan fingerprint density at radius 3 is 2.08 bits per heavy atom. The van der Waals surface area contributed by atoms with E-state index in [0.29, 0.717) is 0 Å². The van der Waals surface area contributed by atoms with Gasteiger partial charge in [0.1, 0.15) is 0 Å². The minimum atomic E-state index is -3.44. The molecule has 0 aliphatic heterocycles. The number of amides is 1. The lowest BCUT2D eigenvalue weighted by molar-refractivity contribution is -0.114. The molecule has 0 radical (unpaired) electrons. The predicted molar refractivity (Wildman–Crippen MR) is 51.6 cm³/mol. The fourth-order valence-electron chi connectivity index (χ4n) is 0.542. The molecular weight excluding hydrogens is 190 g/mol. The summed E-state index contributed by atoms with van der Waals surface area (Å²) in [6.45, 7) is 5.74. The van der Waals surface area contributed by atoms with Crippen LogP contribution in [0.15, 0.2) is 12.2 Å². The van der Waals surface area contributed by atoms with Gasteiger partial charge in [0.2, 0.25) is 10.0 Å². The van der Waals surface area contributed by atoms with Crippen LogP contribution < -0.4 is 4.72 Å². The molecule has 0 aromatic rings. The molecule has 0 aromatic heterocycles. The summed E-state index contributed by atoms with van der Waals surface area (Å²) >= 11 is 0. The molecular formula is C8H15NO3S. The van der Waals surface area contributed by atoms with Crippen molar-refractivity contribution in [1.82, 2.24) is 4.72 Å². The monoisotopic (exact) mass is 205 g/mol. The number of carbonyl (C=O) groups excluding carboxylic acids is 1. The first-order valence-electron chi connectivity index (χ1n) is 3.81. The molecule has 0 unspecified atom stereocenters. The number of sulfonamides is 1. The lowest BCUT2D eigenvalue weighted by atomic mass is 9.96. The summed E-state index contributed by atoms with van der Waals surface area (Å²) in [5.41, 5.74) is -0.130. The van der Waals surface area contributed by atoms with Crippen LogP contribution in [0.3, 0.4) is 0 Å². The maximum absolute atomic E-state index is 10.9. The van der Waals surface area contributed by atoms with E-state index >= 15 is 0 Å². The van der Waals surface area contributed by atoms with E-state index in [0.717, 1.165) is 6.26 Å². The Labute approximate surface area is 79.1 Å². The Morgan fingerprint density at radius 2 is 1.77 bits per heavy atom. The predicted octanol–water partition coefficient (Wildman–Crippen LogP) is 0.664. The van der Waals surface area contributed by atoms with E-state index in [9.17, 15) is 13.2 Å². The molecule has 0 aliphatic rings. The summed E-state index contributed by atoms with van der Waals surface area (Å²) in [5, 5.41) is 0. The molecule has 76 valence electrons. The quantitative estimate of drug-likeness (QED) is 0.674. The van der Waals surface area contributed by atoms with Gasteiger partial charge in [0.05, 0.1) is 6.26 Å².